The fourth-order valence-electron chi connectivity index (χ4n) is 3.45. The molecule has 0 saturated heterocycles. The molecule has 0 amide bonds. The van der Waals surface area contributed by atoms with Crippen LogP contribution in [-0.4, -0.2) is 30.8 Å². The maximum Gasteiger partial charge on any atom is 1.00 e. The standard InChI is InChI=1S/C24H23NO5S.Na/c1-15-20(25-23(30-15)16-6-4-3-5-7-16)8-10-29-19-12-17-9-11-31-22(17)18(13-19)14-21(28-2)24(26)27;/h3-7,9,11-13,21H,8,10,14H2,1-2H3,(H,26,27);/q;+1/p-1/t21-;/m0./s1. The molecular formula is C24H22NNaO5S. The summed E-state index contributed by atoms with van der Waals surface area (Å²) in [7, 11) is 1.37. The predicted molar refractivity (Wildman–Crippen MR) is 117 cm³/mol. The number of hydrogen-bond acceptors (Lipinski definition) is 7. The molecule has 0 N–H and O–H groups in total. The zero-order valence-corrected chi connectivity index (χ0v) is 21.1. The van der Waals surface area contributed by atoms with Crippen molar-refractivity contribution in [2.24, 2.45) is 0 Å². The van der Waals surface area contributed by atoms with Gasteiger partial charge in [0, 0.05) is 30.2 Å². The number of aliphatic carboxylic acids is 1. The number of carboxylic acids is 1. The third-order valence-corrected chi connectivity index (χ3v) is 6.08. The van der Waals surface area contributed by atoms with Crippen molar-refractivity contribution in [2.75, 3.05) is 13.7 Å². The number of benzene rings is 2. The number of rotatable bonds is 9. The minimum Gasteiger partial charge on any atom is -0.547 e. The third-order valence-electron chi connectivity index (χ3n) is 5.08. The van der Waals surface area contributed by atoms with E-state index in [-0.39, 0.29) is 36.0 Å². The Morgan fingerprint density at radius 3 is 2.72 bits per heavy atom. The van der Waals surface area contributed by atoms with Crippen LogP contribution in [0.15, 0.2) is 58.3 Å². The molecule has 0 aliphatic heterocycles. The number of carbonyl (C=O) groups excluding carboxylic acids is 1. The molecule has 0 unspecified atom stereocenters. The molecule has 4 aromatic rings. The van der Waals surface area contributed by atoms with Crippen molar-refractivity contribution in [3.63, 3.8) is 0 Å². The van der Waals surface area contributed by atoms with Gasteiger partial charge in [0.15, 0.2) is 0 Å². The average Bonchev–Trinajstić information content (AvgIpc) is 3.39. The summed E-state index contributed by atoms with van der Waals surface area (Å²) in [6, 6.07) is 15.6. The molecule has 2 aromatic heterocycles. The Labute approximate surface area is 212 Å². The predicted octanol–water partition coefficient (Wildman–Crippen LogP) is 0.798. The SMILES string of the molecule is CO[C@@H](Cc1cc(OCCc2nc(-c3ccccc3)oc2C)cc2ccsc12)C(=O)[O-].[Na+]. The van der Waals surface area contributed by atoms with Gasteiger partial charge in [0.25, 0.3) is 0 Å². The molecule has 0 radical (unpaired) electrons. The summed E-state index contributed by atoms with van der Waals surface area (Å²) in [5, 5.41) is 14.3. The molecule has 0 aliphatic carbocycles. The number of nitrogens with zero attached hydrogens (tertiary/aromatic N) is 1. The zero-order valence-electron chi connectivity index (χ0n) is 18.3. The number of oxazole rings is 1. The van der Waals surface area contributed by atoms with E-state index in [1.807, 2.05) is 60.8 Å². The van der Waals surface area contributed by atoms with Crippen LogP contribution in [0, 0.1) is 6.92 Å². The molecule has 0 saturated carbocycles. The molecule has 2 aromatic carbocycles. The van der Waals surface area contributed by atoms with E-state index in [1.54, 1.807) is 11.3 Å². The number of aromatic nitrogens is 1. The largest absolute Gasteiger partial charge is 1.00 e. The van der Waals surface area contributed by atoms with Crippen molar-refractivity contribution < 1.29 is 53.3 Å². The topological polar surface area (TPSA) is 84.6 Å². The van der Waals surface area contributed by atoms with Gasteiger partial charge in [-0.3, -0.25) is 0 Å². The Balaban J connectivity index is 0.00000289. The average molecular weight is 459 g/mol. The van der Waals surface area contributed by atoms with Crippen LogP contribution in [0.4, 0.5) is 0 Å². The summed E-state index contributed by atoms with van der Waals surface area (Å²) in [6.45, 7) is 2.32. The van der Waals surface area contributed by atoms with Gasteiger partial charge >= 0.3 is 29.6 Å². The van der Waals surface area contributed by atoms with Gasteiger partial charge in [-0.05, 0) is 53.6 Å². The van der Waals surface area contributed by atoms with E-state index in [4.69, 9.17) is 13.9 Å². The summed E-state index contributed by atoms with van der Waals surface area (Å²) >= 11 is 1.56. The third kappa shape index (κ3) is 5.60. The van der Waals surface area contributed by atoms with Gasteiger partial charge in [-0.25, -0.2) is 4.98 Å². The van der Waals surface area contributed by atoms with E-state index in [2.05, 4.69) is 4.98 Å². The maximum atomic E-state index is 11.3. The molecule has 8 heteroatoms. The van der Waals surface area contributed by atoms with Gasteiger partial charge in [-0.15, -0.1) is 11.3 Å². The van der Waals surface area contributed by atoms with Gasteiger partial charge in [0.05, 0.1) is 18.3 Å². The van der Waals surface area contributed by atoms with Crippen LogP contribution in [0.2, 0.25) is 0 Å². The summed E-state index contributed by atoms with van der Waals surface area (Å²) < 4.78 is 17.9. The molecule has 4 rings (SSSR count). The molecule has 0 spiro atoms. The first-order chi connectivity index (χ1) is 15.0. The summed E-state index contributed by atoms with van der Waals surface area (Å²) in [4.78, 5) is 15.9. The number of carbonyl (C=O) groups is 1. The molecule has 6 nitrogen and oxygen atoms in total. The first-order valence-electron chi connectivity index (χ1n) is 9.93. The van der Waals surface area contributed by atoms with E-state index in [1.165, 1.54) is 7.11 Å². The monoisotopic (exact) mass is 459 g/mol. The van der Waals surface area contributed by atoms with Crippen LogP contribution < -0.4 is 39.4 Å². The zero-order chi connectivity index (χ0) is 21.8. The quantitative estimate of drug-likeness (QED) is 0.344. The smallest absolute Gasteiger partial charge is 0.547 e. The van der Waals surface area contributed by atoms with Crippen molar-refractivity contribution in [1.82, 2.24) is 4.98 Å². The van der Waals surface area contributed by atoms with Crippen LogP contribution in [-0.2, 0) is 22.4 Å². The van der Waals surface area contributed by atoms with Gasteiger partial charge in [-0.2, -0.15) is 0 Å². The fourth-order valence-corrected chi connectivity index (χ4v) is 4.36. The summed E-state index contributed by atoms with van der Waals surface area (Å²) in [6.07, 6.45) is -0.191. The van der Waals surface area contributed by atoms with Crippen LogP contribution in [0.25, 0.3) is 21.5 Å². The van der Waals surface area contributed by atoms with Gasteiger partial charge in [0.2, 0.25) is 5.89 Å². The number of aryl methyl sites for hydroxylation is 1. The van der Waals surface area contributed by atoms with E-state index >= 15 is 0 Å². The van der Waals surface area contributed by atoms with Gasteiger partial charge in [-0.1, -0.05) is 18.2 Å². The Kier molecular flexibility index (Phi) is 8.51. The Morgan fingerprint density at radius 2 is 2.00 bits per heavy atom. The number of hydrogen-bond donors (Lipinski definition) is 0. The number of fused-ring (bicyclic) bond motifs is 1. The molecule has 0 fully saturated rings. The van der Waals surface area contributed by atoms with Crippen molar-refractivity contribution in [1.29, 1.82) is 0 Å². The number of carboxylic acid groups (broad SMARTS) is 1. The number of ether oxygens (including phenoxy) is 2. The summed E-state index contributed by atoms with van der Waals surface area (Å²) in [5.41, 5.74) is 2.65. The molecule has 0 bridgehead atoms. The van der Waals surface area contributed by atoms with Crippen molar-refractivity contribution >= 4 is 27.4 Å². The van der Waals surface area contributed by atoms with Gasteiger partial charge in [0.1, 0.15) is 17.6 Å². The number of thiophene rings is 1. The first-order valence-corrected chi connectivity index (χ1v) is 10.8. The Bertz CT molecular complexity index is 1190. The second kappa shape index (κ2) is 11.1. The van der Waals surface area contributed by atoms with Crippen molar-refractivity contribution in [3.8, 4) is 17.2 Å². The van der Waals surface area contributed by atoms with Crippen LogP contribution in [0.1, 0.15) is 17.0 Å². The normalized spacial score (nSPS) is 11.8. The van der Waals surface area contributed by atoms with Crippen molar-refractivity contribution in [2.45, 2.75) is 25.9 Å². The molecular weight excluding hydrogens is 437 g/mol. The second-order valence-corrected chi connectivity index (χ2v) is 8.07. The van der Waals surface area contributed by atoms with E-state index in [0.717, 1.165) is 32.7 Å². The van der Waals surface area contributed by atoms with Crippen LogP contribution >= 0.6 is 11.3 Å². The number of methoxy groups -OCH3 is 1. The first kappa shape index (κ1) is 24.5. The van der Waals surface area contributed by atoms with Gasteiger partial charge < -0.3 is 23.8 Å². The molecule has 0 aliphatic rings. The molecule has 32 heavy (non-hydrogen) atoms. The minimum atomic E-state index is -1.23. The van der Waals surface area contributed by atoms with E-state index in [9.17, 15) is 9.90 Å². The van der Waals surface area contributed by atoms with Crippen LogP contribution in [0.5, 0.6) is 5.75 Å². The molecule has 160 valence electrons. The van der Waals surface area contributed by atoms with Crippen molar-refractivity contribution in [3.05, 3.63) is 70.9 Å². The fraction of sp³-hybridized carbons (Fsp3) is 0.250. The maximum absolute atomic E-state index is 11.3. The van der Waals surface area contributed by atoms with E-state index in [0.29, 0.717) is 24.7 Å². The minimum absolute atomic E-state index is 0. The molecule has 1 atom stereocenters. The second-order valence-electron chi connectivity index (χ2n) is 7.16. The molecule has 2 heterocycles. The van der Waals surface area contributed by atoms with Crippen LogP contribution in [0.3, 0.4) is 0 Å². The Hall–Kier alpha value is -2.16. The van der Waals surface area contributed by atoms with E-state index < -0.39 is 12.1 Å². The Morgan fingerprint density at radius 1 is 1.22 bits per heavy atom. The summed E-state index contributed by atoms with van der Waals surface area (Å²) in [5.74, 6) is 0.823.